The van der Waals surface area contributed by atoms with Crippen LogP contribution in [-0.2, 0) is 11.3 Å². The molecule has 7 heteroatoms. The van der Waals surface area contributed by atoms with E-state index >= 15 is 0 Å². The molecule has 0 aliphatic rings. The first kappa shape index (κ1) is 21.5. The number of likely N-dealkylation sites (N-methyl/N-ethyl adjacent to an activating group) is 1. The standard InChI is InChI=1S/C23H29N5O2/c1-17(30-18-10-5-4-6-11-18)23(29)28(3)16-21-26-20-13-8-7-12-19(20)22(27-21)25-15-9-14-24-2/h4-8,10-13,17,24H,9,14-16H2,1-3H3,(H,25,26,27)/p+1. The van der Waals surface area contributed by atoms with Gasteiger partial charge in [0.25, 0.3) is 5.91 Å². The van der Waals surface area contributed by atoms with E-state index in [4.69, 9.17) is 9.72 Å². The van der Waals surface area contributed by atoms with E-state index in [1.807, 2.05) is 54.6 Å². The molecule has 0 saturated carbocycles. The number of benzene rings is 2. The molecule has 1 aromatic heterocycles. The van der Waals surface area contributed by atoms with Crippen LogP contribution in [0.5, 0.6) is 5.75 Å². The Balaban J connectivity index is 1.71. The van der Waals surface area contributed by atoms with E-state index < -0.39 is 6.10 Å². The number of hydrogen-bond acceptors (Lipinski definition) is 5. The van der Waals surface area contributed by atoms with Crippen molar-refractivity contribution in [1.29, 1.82) is 0 Å². The van der Waals surface area contributed by atoms with Gasteiger partial charge < -0.3 is 20.3 Å². The first-order valence-electron chi connectivity index (χ1n) is 10.3. The van der Waals surface area contributed by atoms with Crippen LogP contribution in [0.15, 0.2) is 54.6 Å². The van der Waals surface area contributed by atoms with E-state index in [1.165, 1.54) is 0 Å². The normalized spacial score (nSPS) is 11.8. The summed E-state index contributed by atoms with van der Waals surface area (Å²) in [7, 11) is 3.81. The van der Waals surface area contributed by atoms with Crippen molar-refractivity contribution < 1.29 is 14.8 Å². The molecular formula is C23H30N5O2+. The van der Waals surface area contributed by atoms with Crippen LogP contribution in [0.4, 0.5) is 5.82 Å². The molecule has 0 fully saturated rings. The summed E-state index contributed by atoms with van der Waals surface area (Å²) in [6, 6.07) is 17.3. The maximum absolute atomic E-state index is 12.8. The summed E-state index contributed by atoms with van der Waals surface area (Å²) >= 11 is 0. The number of amides is 1. The highest BCUT2D eigenvalue weighted by molar-refractivity contribution is 5.89. The Kier molecular flexibility index (Phi) is 7.57. The van der Waals surface area contributed by atoms with E-state index in [2.05, 4.69) is 22.7 Å². The highest BCUT2D eigenvalue weighted by Crippen LogP contribution is 2.21. The number of anilines is 1. The van der Waals surface area contributed by atoms with Gasteiger partial charge in [-0.15, -0.1) is 0 Å². The molecule has 1 heterocycles. The van der Waals surface area contributed by atoms with Gasteiger partial charge in [-0.1, -0.05) is 30.3 Å². The number of quaternary nitrogens is 1. The molecule has 30 heavy (non-hydrogen) atoms. The molecule has 0 radical (unpaired) electrons. The maximum atomic E-state index is 12.8. The zero-order valence-corrected chi connectivity index (χ0v) is 17.8. The lowest BCUT2D eigenvalue weighted by Gasteiger charge is -2.22. The van der Waals surface area contributed by atoms with Gasteiger partial charge in [0, 0.05) is 25.4 Å². The highest BCUT2D eigenvalue weighted by Gasteiger charge is 2.20. The van der Waals surface area contributed by atoms with Crippen LogP contribution >= 0.6 is 0 Å². The number of aromatic nitrogens is 2. The molecule has 1 amide bonds. The third kappa shape index (κ3) is 5.67. The zero-order chi connectivity index (χ0) is 21.3. The molecule has 3 aromatic rings. The topological polar surface area (TPSA) is 84.0 Å². The van der Waals surface area contributed by atoms with Gasteiger partial charge in [0.2, 0.25) is 0 Å². The molecule has 0 bridgehead atoms. The van der Waals surface area contributed by atoms with Crippen molar-refractivity contribution in [3.05, 3.63) is 60.4 Å². The fourth-order valence-electron chi connectivity index (χ4n) is 3.20. The quantitative estimate of drug-likeness (QED) is 0.502. The fourth-order valence-corrected chi connectivity index (χ4v) is 3.20. The van der Waals surface area contributed by atoms with Gasteiger partial charge in [0.15, 0.2) is 11.9 Å². The Bertz CT molecular complexity index is 964. The summed E-state index contributed by atoms with van der Waals surface area (Å²) < 4.78 is 5.76. The van der Waals surface area contributed by atoms with Gasteiger partial charge in [-0.3, -0.25) is 4.79 Å². The number of carbonyl (C=O) groups is 1. The van der Waals surface area contributed by atoms with E-state index in [9.17, 15) is 4.79 Å². The number of para-hydroxylation sites is 2. The Morgan fingerprint density at radius 1 is 1.13 bits per heavy atom. The maximum Gasteiger partial charge on any atom is 0.263 e. The minimum atomic E-state index is -0.597. The highest BCUT2D eigenvalue weighted by atomic mass is 16.5. The van der Waals surface area contributed by atoms with Crippen molar-refractivity contribution in [2.75, 3.05) is 32.5 Å². The van der Waals surface area contributed by atoms with Crippen LogP contribution in [0.3, 0.4) is 0 Å². The van der Waals surface area contributed by atoms with Crippen LogP contribution < -0.4 is 15.4 Å². The SMILES string of the molecule is C[NH2+]CCCNc1nc(CN(C)C(=O)C(C)Oc2ccccc2)nc2ccccc12. The molecule has 2 aromatic carbocycles. The Labute approximate surface area is 177 Å². The van der Waals surface area contributed by atoms with E-state index in [1.54, 1.807) is 18.9 Å². The molecule has 3 rings (SSSR count). The summed E-state index contributed by atoms with van der Waals surface area (Å²) in [5, 5.41) is 6.56. The number of rotatable bonds is 10. The second-order valence-electron chi connectivity index (χ2n) is 7.25. The van der Waals surface area contributed by atoms with Crippen LogP contribution in [0.2, 0.25) is 0 Å². The lowest BCUT2D eigenvalue weighted by atomic mass is 10.2. The van der Waals surface area contributed by atoms with Crippen molar-refractivity contribution in [1.82, 2.24) is 14.9 Å². The molecule has 0 spiro atoms. The average molecular weight is 409 g/mol. The monoisotopic (exact) mass is 408 g/mol. The number of hydrogen-bond donors (Lipinski definition) is 2. The molecule has 158 valence electrons. The van der Waals surface area contributed by atoms with E-state index in [-0.39, 0.29) is 5.91 Å². The largest absolute Gasteiger partial charge is 0.481 e. The number of nitrogens with one attached hydrogen (secondary N) is 1. The molecule has 3 N–H and O–H groups in total. The summed E-state index contributed by atoms with van der Waals surface area (Å²) in [5.41, 5.74) is 0.862. The summed E-state index contributed by atoms with van der Waals surface area (Å²) in [5.74, 6) is 1.95. The predicted octanol–water partition coefficient (Wildman–Crippen LogP) is 2.05. The molecule has 0 aliphatic carbocycles. The van der Waals surface area contributed by atoms with Gasteiger partial charge in [0.1, 0.15) is 11.6 Å². The first-order valence-corrected chi connectivity index (χ1v) is 10.3. The Morgan fingerprint density at radius 3 is 2.63 bits per heavy atom. The van der Waals surface area contributed by atoms with Gasteiger partial charge in [0.05, 0.1) is 25.7 Å². The minimum absolute atomic E-state index is 0.122. The van der Waals surface area contributed by atoms with E-state index in [0.717, 1.165) is 36.2 Å². The molecule has 1 atom stereocenters. The number of nitrogens with two attached hydrogens (primary N) is 1. The second kappa shape index (κ2) is 10.5. The third-order valence-electron chi connectivity index (χ3n) is 4.77. The number of ether oxygens (including phenoxy) is 1. The molecule has 0 aliphatic heterocycles. The predicted molar refractivity (Wildman–Crippen MR) is 118 cm³/mol. The summed E-state index contributed by atoms with van der Waals surface area (Å²) in [4.78, 5) is 23.7. The van der Waals surface area contributed by atoms with Gasteiger partial charge in [-0.05, 0) is 31.2 Å². The molecule has 7 nitrogen and oxygen atoms in total. The van der Waals surface area contributed by atoms with Crippen molar-refractivity contribution in [3.63, 3.8) is 0 Å². The lowest BCUT2D eigenvalue weighted by Crippen LogP contribution is -2.79. The van der Waals surface area contributed by atoms with Crippen LogP contribution in [0.1, 0.15) is 19.2 Å². The minimum Gasteiger partial charge on any atom is -0.481 e. The van der Waals surface area contributed by atoms with Crippen molar-refractivity contribution in [2.45, 2.75) is 26.0 Å². The van der Waals surface area contributed by atoms with E-state index in [0.29, 0.717) is 18.1 Å². The zero-order valence-electron chi connectivity index (χ0n) is 17.8. The summed E-state index contributed by atoms with van der Waals surface area (Å²) in [6.45, 7) is 3.95. The van der Waals surface area contributed by atoms with Crippen molar-refractivity contribution >= 4 is 22.6 Å². The molecule has 0 saturated heterocycles. The van der Waals surface area contributed by atoms with Gasteiger partial charge in [-0.2, -0.15) is 0 Å². The van der Waals surface area contributed by atoms with Crippen molar-refractivity contribution in [2.24, 2.45) is 0 Å². The van der Waals surface area contributed by atoms with Crippen LogP contribution in [-0.4, -0.2) is 54.1 Å². The fraction of sp³-hybridized carbons (Fsp3) is 0.348. The first-order chi connectivity index (χ1) is 14.6. The number of carbonyl (C=O) groups excluding carboxylic acids is 1. The average Bonchev–Trinajstić information content (AvgIpc) is 2.76. The molecule has 1 unspecified atom stereocenters. The van der Waals surface area contributed by atoms with Gasteiger partial charge in [-0.25, -0.2) is 9.97 Å². The second-order valence-corrected chi connectivity index (χ2v) is 7.25. The third-order valence-corrected chi connectivity index (χ3v) is 4.77. The Morgan fingerprint density at radius 2 is 1.87 bits per heavy atom. The number of nitrogens with zero attached hydrogens (tertiary/aromatic N) is 3. The van der Waals surface area contributed by atoms with Crippen molar-refractivity contribution in [3.8, 4) is 5.75 Å². The smallest absolute Gasteiger partial charge is 0.263 e. The Hall–Kier alpha value is -3.19. The number of fused-ring (bicyclic) bond motifs is 1. The van der Waals surface area contributed by atoms with Crippen LogP contribution in [0, 0.1) is 0 Å². The lowest BCUT2D eigenvalue weighted by molar-refractivity contribution is -0.626. The van der Waals surface area contributed by atoms with Gasteiger partial charge >= 0.3 is 0 Å². The molecular weight excluding hydrogens is 378 g/mol. The van der Waals surface area contributed by atoms with Crippen LogP contribution in [0.25, 0.3) is 10.9 Å². The summed E-state index contributed by atoms with van der Waals surface area (Å²) in [6.07, 6.45) is 0.442.